The van der Waals surface area contributed by atoms with Gasteiger partial charge in [-0.1, -0.05) is 0 Å². The molecule has 0 aliphatic carbocycles. The third-order valence-electron chi connectivity index (χ3n) is 2.79. The van der Waals surface area contributed by atoms with E-state index >= 15 is 0 Å². The zero-order valence-electron chi connectivity index (χ0n) is 10.6. The standard InChI is InChI=1S/C14H13FN4O/c15-12-4-3-10(17)8-13(12)18-14(20)5-7-19-6-1-2-11(19)9-16/h1-4,6,8H,5,7,17H2,(H,18,20). The van der Waals surface area contributed by atoms with Crippen LogP contribution in [0.1, 0.15) is 12.1 Å². The summed E-state index contributed by atoms with van der Waals surface area (Å²) in [6.45, 7) is 0.353. The molecule has 1 aromatic heterocycles. The number of anilines is 2. The number of hydrogen-bond acceptors (Lipinski definition) is 3. The van der Waals surface area contributed by atoms with Crippen molar-refractivity contribution < 1.29 is 9.18 Å². The summed E-state index contributed by atoms with van der Waals surface area (Å²) in [4.78, 5) is 11.8. The maximum atomic E-state index is 13.4. The number of nitrogens with two attached hydrogens (primary N) is 1. The highest BCUT2D eigenvalue weighted by molar-refractivity contribution is 5.91. The third kappa shape index (κ3) is 3.14. The topological polar surface area (TPSA) is 83.8 Å². The van der Waals surface area contributed by atoms with Crippen LogP contribution in [0.4, 0.5) is 15.8 Å². The van der Waals surface area contributed by atoms with Crippen LogP contribution in [0.25, 0.3) is 0 Å². The molecular weight excluding hydrogens is 259 g/mol. The van der Waals surface area contributed by atoms with Crippen molar-refractivity contribution in [3.05, 3.63) is 48.0 Å². The van der Waals surface area contributed by atoms with Crippen molar-refractivity contribution in [3.63, 3.8) is 0 Å². The Kier molecular flexibility index (Phi) is 4.01. The number of nitriles is 1. The molecule has 5 nitrogen and oxygen atoms in total. The summed E-state index contributed by atoms with van der Waals surface area (Å²) in [5, 5.41) is 11.3. The van der Waals surface area contributed by atoms with Gasteiger partial charge in [-0.2, -0.15) is 5.26 Å². The number of nitrogens with one attached hydrogen (secondary N) is 1. The smallest absolute Gasteiger partial charge is 0.226 e. The lowest BCUT2D eigenvalue weighted by Gasteiger charge is -2.08. The highest BCUT2D eigenvalue weighted by Crippen LogP contribution is 2.17. The van der Waals surface area contributed by atoms with Crippen LogP contribution in [0, 0.1) is 17.1 Å². The van der Waals surface area contributed by atoms with E-state index in [4.69, 9.17) is 11.0 Å². The summed E-state index contributed by atoms with van der Waals surface area (Å²) in [5.74, 6) is -0.877. The molecule has 102 valence electrons. The van der Waals surface area contributed by atoms with Gasteiger partial charge in [-0.15, -0.1) is 0 Å². The lowest BCUT2D eigenvalue weighted by Crippen LogP contribution is -2.15. The molecule has 1 amide bonds. The molecule has 0 radical (unpaired) electrons. The predicted octanol–water partition coefficient (Wildman–Crippen LogP) is 2.11. The van der Waals surface area contributed by atoms with Crippen LogP contribution in [-0.4, -0.2) is 10.5 Å². The first-order valence-corrected chi connectivity index (χ1v) is 6.00. The SMILES string of the molecule is N#Cc1cccn1CCC(=O)Nc1cc(N)ccc1F. The average molecular weight is 272 g/mol. The summed E-state index contributed by atoms with van der Waals surface area (Å²) in [6, 6.07) is 9.40. The van der Waals surface area contributed by atoms with Gasteiger partial charge in [0.1, 0.15) is 17.6 Å². The van der Waals surface area contributed by atoms with Crippen molar-refractivity contribution in [1.82, 2.24) is 4.57 Å². The number of benzene rings is 1. The molecule has 0 fully saturated rings. The molecule has 0 spiro atoms. The van der Waals surface area contributed by atoms with Crippen LogP contribution < -0.4 is 11.1 Å². The highest BCUT2D eigenvalue weighted by atomic mass is 19.1. The molecule has 1 heterocycles. The van der Waals surface area contributed by atoms with E-state index < -0.39 is 5.82 Å². The van der Waals surface area contributed by atoms with Gasteiger partial charge in [0.05, 0.1) is 5.69 Å². The summed E-state index contributed by atoms with van der Waals surface area (Å²) < 4.78 is 15.1. The second kappa shape index (κ2) is 5.89. The van der Waals surface area contributed by atoms with E-state index in [-0.39, 0.29) is 18.0 Å². The van der Waals surface area contributed by atoms with E-state index in [1.165, 1.54) is 18.2 Å². The van der Waals surface area contributed by atoms with Gasteiger partial charge in [0.25, 0.3) is 0 Å². The van der Waals surface area contributed by atoms with Crippen molar-refractivity contribution >= 4 is 17.3 Å². The summed E-state index contributed by atoms with van der Waals surface area (Å²) in [7, 11) is 0. The molecule has 0 atom stereocenters. The second-order valence-electron chi connectivity index (χ2n) is 4.24. The minimum Gasteiger partial charge on any atom is -0.399 e. The van der Waals surface area contributed by atoms with E-state index in [2.05, 4.69) is 5.32 Å². The fraction of sp³-hybridized carbons (Fsp3) is 0.143. The number of amides is 1. The minimum absolute atomic E-state index is 0.0583. The fourth-order valence-corrected chi connectivity index (χ4v) is 1.78. The Morgan fingerprint density at radius 3 is 3.00 bits per heavy atom. The highest BCUT2D eigenvalue weighted by Gasteiger charge is 2.08. The molecule has 0 bridgehead atoms. The number of nitrogen functional groups attached to an aromatic ring is 1. The average Bonchev–Trinajstić information content (AvgIpc) is 2.88. The number of halogens is 1. The Morgan fingerprint density at radius 2 is 2.25 bits per heavy atom. The van der Waals surface area contributed by atoms with Gasteiger partial charge >= 0.3 is 0 Å². The van der Waals surface area contributed by atoms with Gasteiger partial charge in [-0.3, -0.25) is 4.79 Å². The molecule has 0 aliphatic heterocycles. The van der Waals surface area contributed by atoms with Crippen LogP contribution in [0.5, 0.6) is 0 Å². The molecule has 0 saturated heterocycles. The molecule has 0 unspecified atom stereocenters. The van der Waals surface area contributed by atoms with Crippen LogP contribution in [0.15, 0.2) is 36.5 Å². The summed E-state index contributed by atoms with van der Waals surface area (Å²) >= 11 is 0. The Balaban J connectivity index is 1.96. The van der Waals surface area contributed by atoms with Gasteiger partial charge in [0.15, 0.2) is 0 Å². The predicted molar refractivity (Wildman–Crippen MR) is 73.2 cm³/mol. The van der Waals surface area contributed by atoms with E-state index in [1.54, 1.807) is 22.9 Å². The number of aromatic nitrogens is 1. The van der Waals surface area contributed by atoms with Crippen molar-refractivity contribution in [2.75, 3.05) is 11.1 Å². The summed E-state index contributed by atoms with van der Waals surface area (Å²) in [5.41, 5.74) is 6.45. The number of carbonyl (C=O) groups is 1. The lowest BCUT2D eigenvalue weighted by molar-refractivity contribution is -0.116. The van der Waals surface area contributed by atoms with Gasteiger partial charge in [0.2, 0.25) is 5.91 Å². The number of carbonyl (C=O) groups excluding carboxylic acids is 1. The van der Waals surface area contributed by atoms with Crippen molar-refractivity contribution in [2.24, 2.45) is 0 Å². The van der Waals surface area contributed by atoms with Gasteiger partial charge in [-0.25, -0.2) is 4.39 Å². The quantitative estimate of drug-likeness (QED) is 0.836. The van der Waals surface area contributed by atoms with Crippen molar-refractivity contribution in [2.45, 2.75) is 13.0 Å². The van der Waals surface area contributed by atoms with E-state index in [1.807, 2.05) is 6.07 Å². The zero-order valence-corrected chi connectivity index (χ0v) is 10.6. The molecular formula is C14H13FN4O. The molecule has 2 aromatic rings. The molecule has 0 aliphatic rings. The number of hydrogen-bond donors (Lipinski definition) is 2. The third-order valence-corrected chi connectivity index (χ3v) is 2.79. The van der Waals surface area contributed by atoms with Crippen LogP contribution in [0.2, 0.25) is 0 Å². The van der Waals surface area contributed by atoms with Crippen molar-refractivity contribution in [1.29, 1.82) is 5.26 Å². The molecule has 20 heavy (non-hydrogen) atoms. The van der Waals surface area contributed by atoms with E-state index in [0.717, 1.165) is 0 Å². The molecule has 2 rings (SSSR count). The first-order chi connectivity index (χ1) is 9.60. The molecule has 6 heteroatoms. The number of rotatable bonds is 4. The van der Waals surface area contributed by atoms with E-state index in [0.29, 0.717) is 17.9 Å². The normalized spacial score (nSPS) is 10.0. The van der Waals surface area contributed by atoms with Gasteiger partial charge < -0.3 is 15.6 Å². The van der Waals surface area contributed by atoms with Crippen LogP contribution >= 0.6 is 0 Å². The summed E-state index contributed by atoms with van der Waals surface area (Å²) in [6.07, 6.45) is 1.85. The lowest BCUT2D eigenvalue weighted by atomic mass is 10.2. The fourth-order valence-electron chi connectivity index (χ4n) is 1.78. The molecule has 3 N–H and O–H groups in total. The van der Waals surface area contributed by atoms with Gasteiger partial charge in [-0.05, 0) is 30.3 Å². The Bertz CT molecular complexity index is 672. The second-order valence-corrected chi connectivity index (χ2v) is 4.24. The monoisotopic (exact) mass is 272 g/mol. The molecule has 1 aromatic carbocycles. The number of aryl methyl sites for hydroxylation is 1. The first-order valence-electron chi connectivity index (χ1n) is 6.00. The zero-order chi connectivity index (χ0) is 14.5. The van der Waals surface area contributed by atoms with Crippen LogP contribution in [0.3, 0.4) is 0 Å². The van der Waals surface area contributed by atoms with Gasteiger partial charge in [0, 0.05) is 24.8 Å². The maximum Gasteiger partial charge on any atom is 0.226 e. The molecule has 0 saturated carbocycles. The maximum absolute atomic E-state index is 13.4. The minimum atomic E-state index is -0.536. The largest absolute Gasteiger partial charge is 0.399 e. The Hall–Kier alpha value is -2.81. The van der Waals surface area contributed by atoms with Crippen molar-refractivity contribution in [3.8, 4) is 6.07 Å². The Labute approximate surface area is 115 Å². The van der Waals surface area contributed by atoms with E-state index in [9.17, 15) is 9.18 Å². The number of nitrogens with zero attached hydrogens (tertiary/aromatic N) is 2. The first kappa shape index (κ1) is 13.6. The van der Waals surface area contributed by atoms with Crippen LogP contribution in [-0.2, 0) is 11.3 Å². The Morgan fingerprint density at radius 1 is 1.45 bits per heavy atom.